The van der Waals surface area contributed by atoms with Gasteiger partial charge in [-0.2, -0.15) is 4.98 Å². The van der Waals surface area contributed by atoms with Crippen molar-refractivity contribution in [1.29, 1.82) is 0 Å². The first-order valence-corrected chi connectivity index (χ1v) is 3.74. The first-order chi connectivity index (χ1) is 5.36. The van der Waals surface area contributed by atoms with Crippen LogP contribution in [0.15, 0.2) is 4.52 Å². The quantitative estimate of drug-likeness (QED) is 0.602. The van der Waals surface area contributed by atoms with Gasteiger partial charge in [0.25, 0.3) is 0 Å². The van der Waals surface area contributed by atoms with Gasteiger partial charge in [0.15, 0.2) is 5.82 Å². The van der Waals surface area contributed by atoms with Gasteiger partial charge in [-0.25, -0.2) is 0 Å². The van der Waals surface area contributed by atoms with Gasteiger partial charge in [-0.15, -0.1) is 0 Å². The van der Waals surface area contributed by atoms with Crippen molar-refractivity contribution in [2.75, 3.05) is 13.2 Å². The maximum atomic E-state index is 5.19. The number of hydrogen-bond acceptors (Lipinski definition) is 4. The van der Waals surface area contributed by atoms with Crippen molar-refractivity contribution in [3.05, 3.63) is 11.7 Å². The summed E-state index contributed by atoms with van der Waals surface area (Å²) in [4.78, 5) is 4.13. The minimum atomic E-state index is 0.330. The number of rotatable bonds is 1. The molecule has 2 rings (SSSR count). The van der Waals surface area contributed by atoms with Gasteiger partial charge in [0, 0.05) is 6.61 Å². The molecule has 0 radical (unpaired) electrons. The summed E-state index contributed by atoms with van der Waals surface area (Å²) in [6.45, 7) is 3.36. The Hall–Kier alpha value is -0.900. The van der Waals surface area contributed by atoms with E-state index in [-0.39, 0.29) is 0 Å². The largest absolute Gasteiger partial charge is 0.381 e. The molecule has 1 atom stereocenters. The molecule has 2 heterocycles. The van der Waals surface area contributed by atoms with Crippen LogP contribution in [-0.2, 0) is 4.74 Å². The van der Waals surface area contributed by atoms with Crippen LogP contribution >= 0.6 is 0 Å². The summed E-state index contributed by atoms with van der Waals surface area (Å²) in [5.74, 6) is 1.75. The van der Waals surface area contributed by atoms with Gasteiger partial charge in [-0.1, -0.05) is 5.16 Å². The molecule has 0 unspecified atom stereocenters. The molecular formula is C7H10N2O2. The third-order valence-electron chi connectivity index (χ3n) is 1.82. The Kier molecular flexibility index (Phi) is 1.62. The van der Waals surface area contributed by atoms with E-state index >= 15 is 0 Å². The van der Waals surface area contributed by atoms with Crippen molar-refractivity contribution < 1.29 is 9.26 Å². The lowest BCUT2D eigenvalue weighted by atomic mass is 10.1. The number of nitrogens with zero attached hydrogens (tertiary/aromatic N) is 2. The average molecular weight is 154 g/mol. The zero-order chi connectivity index (χ0) is 7.68. The van der Waals surface area contributed by atoms with Gasteiger partial charge in [-0.3, -0.25) is 0 Å². The summed E-state index contributed by atoms with van der Waals surface area (Å²) >= 11 is 0. The number of ether oxygens (including phenoxy) is 1. The van der Waals surface area contributed by atoms with E-state index in [1.165, 1.54) is 0 Å². The fourth-order valence-electron chi connectivity index (χ4n) is 1.21. The number of aryl methyl sites for hydroxylation is 1. The maximum Gasteiger partial charge on any atom is 0.232 e. The fourth-order valence-corrected chi connectivity index (χ4v) is 1.21. The molecule has 0 bridgehead atoms. The fraction of sp³-hybridized carbons (Fsp3) is 0.714. The van der Waals surface area contributed by atoms with E-state index in [4.69, 9.17) is 9.26 Å². The molecule has 0 spiro atoms. The van der Waals surface area contributed by atoms with E-state index in [9.17, 15) is 0 Å². The Morgan fingerprint density at radius 3 is 3.00 bits per heavy atom. The lowest BCUT2D eigenvalue weighted by molar-refractivity contribution is 0.189. The van der Waals surface area contributed by atoms with Crippen molar-refractivity contribution in [2.24, 2.45) is 0 Å². The van der Waals surface area contributed by atoms with Crippen LogP contribution in [0.25, 0.3) is 0 Å². The van der Waals surface area contributed by atoms with Crippen molar-refractivity contribution in [3.8, 4) is 0 Å². The van der Waals surface area contributed by atoms with E-state index in [0.29, 0.717) is 11.7 Å². The highest BCUT2D eigenvalue weighted by molar-refractivity contribution is 4.94. The SMILES string of the molecule is Cc1noc([C@@H]2CCOC2)n1. The van der Waals surface area contributed by atoms with Gasteiger partial charge < -0.3 is 9.26 Å². The minimum absolute atomic E-state index is 0.330. The second-order valence-electron chi connectivity index (χ2n) is 2.74. The van der Waals surface area contributed by atoms with Gasteiger partial charge in [0.1, 0.15) is 0 Å². The monoisotopic (exact) mass is 154 g/mol. The first-order valence-electron chi connectivity index (χ1n) is 3.74. The normalized spacial score (nSPS) is 24.3. The maximum absolute atomic E-state index is 5.19. The minimum Gasteiger partial charge on any atom is -0.381 e. The second-order valence-corrected chi connectivity index (χ2v) is 2.74. The van der Waals surface area contributed by atoms with Crippen LogP contribution < -0.4 is 0 Å². The highest BCUT2D eigenvalue weighted by Crippen LogP contribution is 2.22. The van der Waals surface area contributed by atoms with Crippen LogP contribution in [0.2, 0.25) is 0 Å². The molecule has 1 aliphatic rings. The molecule has 0 N–H and O–H groups in total. The van der Waals surface area contributed by atoms with Gasteiger partial charge in [0.2, 0.25) is 5.89 Å². The summed E-state index contributed by atoms with van der Waals surface area (Å²) < 4.78 is 10.2. The molecule has 11 heavy (non-hydrogen) atoms. The summed E-state index contributed by atoms with van der Waals surface area (Å²) in [5, 5.41) is 3.72. The van der Waals surface area contributed by atoms with E-state index in [0.717, 1.165) is 25.5 Å². The Labute approximate surface area is 64.5 Å². The Morgan fingerprint density at radius 2 is 2.45 bits per heavy atom. The third kappa shape index (κ3) is 1.26. The Bertz CT molecular complexity index is 240. The summed E-state index contributed by atoms with van der Waals surface area (Å²) in [6.07, 6.45) is 1.00. The molecule has 1 fully saturated rings. The Morgan fingerprint density at radius 1 is 1.55 bits per heavy atom. The van der Waals surface area contributed by atoms with E-state index in [2.05, 4.69) is 10.1 Å². The molecule has 0 amide bonds. The Balaban J connectivity index is 2.15. The van der Waals surface area contributed by atoms with Crippen LogP contribution in [0.4, 0.5) is 0 Å². The molecule has 1 aliphatic heterocycles. The third-order valence-corrected chi connectivity index (χ3v) is 1.82. The van der Waals surface area contributed by atoms with Gasteiger partial charge in [0.05, 0.1) is 12.5 Å². The molecule has 0 aromatic carbocycles. The van der Waals surface area contributed by atoms with Gasteiger partial charge >= 0.3 is 0 Å². The van der Waals surface area contributed by atoms with E-state index < -0.39 is 0 Å². The lowest BCUT2D eigenvalue weighted by Gasteiger charge is -1.96. The summed E-state index contributed by atoms with van der Waals surface area (Å²) in [6, 6.07) is 0. The highest BCUT2D eigenvalue weighted by Gasteiger charge is 2.22. The van der Waals surface area contributed by atoms with Crippen LogP contribution in [0.3, 0.4) is 0 Å². The van der Waals surface area contributed by atoms with Crippen molar-refractivity contribution in [3.63, 3.8) is 0 Å². The smallest absolute Gasteiger partial charge is 0.232 e. The predicted molar refractivity (Wildman–Crippen MR) is 37.2 cm³/mol. The summed E-state index contributed by atoms with van der Waals surface area (Å²) in [7, 11) is 0. The molecule has 4 heteroatoms. The van der Waals surface area contributed by atoms with Crippen LogP contribution in [0.5, 0.6) is 0 Å². The molecular weight excluding hydrogens is 144 g/mol. The van der Waals surface area contributed by atoms with Crippen molar-refractivity contribution in [2.45, 2.75) is 19.3 Å². The molecule has 0 aliphatic carbocycles. The van der Waals surface area contributed by atoms with Crippen molar-refractivity contribution >= 4 is 0 Å². The summed E-state index contributed by atoms with van der Waals surface area (Å²) in [5.41, 5.74) is 0. The molecule has 1 aromatic rings. The lowest BCUT2D eigenvalue weighted by Crippen LogP contribution is -1.97. The highest BCUT2D eigenvalue weighted by atomic mass is 16.5. The van der Waals surface area contributed by atoms with Crippen LogP contribution in [0, 0.1) is 6.92 Å². The first kappa shape index (κ1) is 6.79. The molecule has 4 nitrogen and oxygen atoms in total. The van der Waals surface area contributed by atoms with Crippen molar-refractivity contribution in [1.82, 2.24) is 10.1 Å². The second kappa shape index (κ2) is 2.62. The van der Waals surface area contributed by atoms with E-state index in [1.807, 2.05) is 6.92 Å². The molecule has 60 valence electrons. The number of hydrogen-bond donors (Lipinski definition) is 0. The molecule has 1 saturated heterocycles. The molecule has 1 aromatic heterocycles. The van der Waals surface area contributed by atoms with Crippen LogP contribution in [0.1, 0.15) is 24.1 Å². The predicted octanol–water partition coefficient (Wildman–Crippen LogP) is 0.882. The average Bonchev–Trinajstić information content (AvgIpc) is 2.55. The topological polar surface area (TPSA) is 48.2 Å². The zero-order valence-electron chi connectivity index (χ0n) is 6.41. The van der Waals surface area contributed by atoms with E-state index in [1.54, 1.807) is 0 Å². The van der Waals surface area contributed by atoms with Crippen LogP contribution in [-0.4, -0.2) is 23.4 Å². The standard InChI is InChI=1S/C7H10N2O2/c1-5-8-7(11-9-5)6-2-3-10-4-6/h6H,2-4H2,1H3/t6-/m1/s1. The molecule has 0 saturated carbocycles. The van der Waals surface area contributed by atoms with Gasteiger partial charge in [-0.05, 0) is 13.3 Å². The number of aromatic nitrogens is 2. The zero-order valence-corrected chi connectivity index (χ0v) is 6.41.